The number of nitrogens with zero attached hydrogens (tertiary/aromatic N) is 3. The standard InChI is InChI=1S/C13H18N4O/c14-11-13-12(3-1-4-16-13)15-5-2-6-17-7-9-18-10-8-17/h1,3-4,15H,2,5-10H2. The summed E-state index contributed by atoms with van der Waals surface area (Å²) in [4.78, 5) is 6.42. The summed E-state index contributed by atoms with van der Waals surface area (Å²) in [5, 5.41) is 12.2. The van der Waals surface area contributed by atoms with E-state index < -0.39 is 0 Å². The van der Waals surface area contributed by atoms with E-state index in [1.165, 1.54) is 0 Å². The van der Waals surface area contributed by atoms with E-state index in [0.717, 1.165) is 51.5 Å². The van der Waals surface area contributed by atoms with Crippen LogP contribution >= 0.6 is 0 Å². The molecule has 0 unspecified atom stereocenters. The van der Waals surface area contributed by atoms with Crippen LogP contribution in [0.2, 0.25) is 0 Å². The first-order valence-corrected chi connectivity index (χ1v) is 6.29. The van der Waals surface area contributed by atoms with Crippen LogP contribution in [0.5, 0.6) is 0 Å². The Morgan fingerprint density at radius 1 is 1.44 bits per heavy atom. The summed E-state index contributed by atoms with van der Waals surface area (Å²) >= 11 is 0. The summed E-state index contributed by atoms with van der Waals surface area (Å²) in [5.41, 5.74) is 1.28. The SMILES string of the molecule is N#Cc1ncccc1NCCCN1CCOCC1. The van der Waals surface area contributed by atoms with E-state index in [4.69, 9.17) is 10.00 Å². The molecule has 96 valence electrons. The van der Waals surface area contributed by atoms with Gasteiger partial charge in [-0.05, 0) is 25.1 Å². The van der Waals surface area contributed by atoms with Crippen LogP contribution in [0, 0.1) is 11.3 Å². The van der Waals surface area contributed by atoms with Crippen molar-refractivity contribution in [2.24, 2.45) is 0 Å². The van der Waals surface area contributed by atoms with Gasteiger partial charge < -0.3 is 10.1 Å². The molecule has 0 spiro atoms. The highest BCUT2D eigenvalue weighted by Gasteiger charge is 2.09. The number of hydrogen-bond acceptors (Lipinski definition) is 5. The Bertz CT molecular complexity index is 410. The lowest BCUT2D eigenvalue weighted by Gasteiger charge is -2.26. The molecule has 0 atom stereocenters. The van der Waals surface area contributed by atoms with Gasteiger partial charge in [0.05, 0.1) is 18.9 Å². The average Bonchev–Trinajstić information content (AvgIpc) is 2.45. The summed E-state index contributed by atoms with van der Waals surface area (Å²) in [6.07, 6.45) is 2.69. The van der Waals surface area contributed by atoms with Crippen molar-refractivity contribution in [2.45, 2.75) is 6.42 Å². The molecule has 18 heavy (non-hydrogen) atoms. The lowest BCUT2D eigenvalue weighted by Crippen LogP contribution is -2.37. The van der Waals surface area contributed by atoms with Gasteiger partial charge in [-0.15, -0.1) is 0 Å². The molecule has 1 aliphatic rings. The summed E-state index contributed by atoms with van der Waals surface area (Å²) in [6.45, 7) is 5.66. The summed E-state index contributed by atoms with van der Waals surface area (Å²) in [5.74, 6) is 0. The van der Waals surface area contributed by atoms with Gasteiger partial charge >= 0.3 is 0 Å². The number of anilines is 1. The Balaban J connectivity index is 1.70. The van der Waals surface area contributed by atoms with Crippen LogP contribution in [0.15, 0.2) is 18.3 Å². The molecule has 0 aromatic carbocycles. The number of pyridine rings is 1. The third kappa shape index (κ3) is 3.69. The van der Waals surface area contributed by atoms with Gasteiger partial charge in [-0.2, -0.15) is 5.26 Å². The molecule has 1 aromatic heterocycles. The van der Waals surface area contributed by atoms with Gasteiger partial charge in [-0.1, -0.05) is 0 Å². The highest BCUT2D eigenvalue weighted by molar-refractivity contribution is 5.53. The molecule has 5 heteroatoms. The van der Waals surface area contributed by atoms with Gasteiger partial charge in [0.25, 0.3) is 0 Å². The molecule has 1 aliphatic heterocycles. The third-order valence-electron chi connectivity index (χ3n) is 2.98. The minimum absolute atomic E-state index is 0.462. The number of nitriles is 1. The first-order valence-electron chi connectivity index (χ1n) is 6.29. The normalized spacial score (nSPS) is 16.2. The van der Waals surface area contributed by atoms with Crippen LogP contribution in [-0.2, 0) is 4.74 Å². The molecule has 1 saturated heterocycles. The Morgan fingerprint density at radius 2 is 2.28 bits per heavy atom. The van der Waals surface area contributed by atoms with Crippen molar-refractivity contribution in [3.8, 4) is 6.07 Å². The topological polar surface area (TPSA) is 61.2 Å². The second kappa shape index (κ2) is 6.94. The second-order valence-electron chi connectivity index (χ2n) is 4.25. The van der Waals surface area contributed by atoms with Gasteiger partial charge in [0.15, 0.2) is 5.69 Å². The van der Waals surface area contributed by atoms with Crippen molar-refractivity contribution < 1.29 is 4.74 Å². The molecule has 2 heterocycles. The highest BCUT2D eigenvalue weighted by Crippen LogP contribution is 2.10. The third-order valence-corrected chi connectivity index (χ3v) is 2.98. The molecular formula is C13H18N4O. The van der Waals surface area contributed by atoms with E-state index in [-0.39, 0.29) is 0 Å². The lowest BCUT2D eigenvalue weighted by atomic mass is 10.3. The maximum Gasteiger partial charge on any atom is 0.163 e. The Hall–Kier alpha value is -1.64. The maximum atomic E-state index is 8.90. The monoisotopic (exact) mass is 246 g/mol. The fourth-order valence-corrected chi connectivity index (χ4v) is 1.99. The zero-order valence-corrected chi connectivity index (χ0v) is 10.4. The number of ether oxygens (including phenoxy) is 1. The van der Waals surface area contributed by atoms with Crippen molar-refractivity contribution in [1.82, 2.24) is 9.88 Å². The van der Waals surface area contributed by atoms with Gasteiger partial charge in [-0.3, -0.25) is 4.90 Å². The Labute approximate surface area is 107 Å². The van der Waals surface area contributed by atoms with Crippen LogP contribution in [0.3, 0.4) is 0 Å². The highest BCUT2D eigenvalue weighted by atomic mass is 16.5. The molecule has 0 bridgehead atoms. The molecule has 2 rings (SSSR count). The molecule has 0 saturated carbocycles. The zero-order chi connectivity index (χ0) is 12.6. The van der Waals surface area contributed by atoms with Crippen LogP contribution in [-0.4, -0.2) is 49.3 Å². The van der Waals surface area contributed by atoms with Crippen LogP contribution in [0.25, 0.3) is 0 Å². The van der Waals surface area contributed by atoms with E-state index >= 15 is 0 Å². The molecule has 0 aliphatic carbocycles. The largest absolute Gasteiger partial charge is 0.383 e. The molecule has 1 aromatic rings. The first-order chi connectivity index (χ1) is 8.90. The lowest BCUT2D eigenvalue weighted by molar-refractivity contribution is 0.0378. The fourth-order valence-electron chi connectivity index (χ4n) is 1.99. The number of hydrogen-bond donors (Lipinski definition) is 1. The second-order valence-corrected chi connectivity index (χ2v) is 4.25. The Kier molecular flexibility index (Phi) is 4.94. The smallest absolute Gasteiger partial charge is 0.163 e. The summed E-state index contributed by atoms with van der Waals surface area (Å²) in [6, 6.07) is 5.81. The number of nitrogens with one attached hydrogen (secondary N) is 1. The maximum absolute atomic E-state index is 8.90. The van der Waals surface area contributed by atoms with E-state index in [2.05, 4.69) is 21.3 Å². The molecule has 0 amide bonds. The summed E-state index contributed by atoms with van der Waals surface area (Å²) < 4.78 is 5.30. The minimum atomic E-state index is 0.462. The van der Waals surface area contributed by atoms with E-state index in [1.807, 2.05) is 12.1 Å². The van der Waals surface area contributed by atoms with E-state index in [1.54, 1.807) is 6.20 Å². The van der Waals surface area contributed by atoms with Crippen LogP contribution in [0.1, 0.15) is 12.1 Å². The predicted molar refractivity (Wildman–Crippen MR) is 69.3 cm³/mol. The van der Waals surface area contributed by atoms with Crippen molar-refractivity contribution in [3.05, 3.63) is 24.0 Å². The zero-order valence-electron chi connectivity index (χ0n) is 10.4. The van der Waals surface area contributed by atoms with Crippen molar-refractivity contribution >= 4 is 5.69 Å². The molecule has 1 fully saturated rings. The quantitative estimate of drug-likeness (QED) is 0.788. The predicted octanol–water partition coefficient (Wildman–Crippen LogP) is 1.09. The van der Waals surface area contributed by atoms with Gasteiger partial charge in [0.2, 0.25) is 0 Å². The average molecular weight is 246 g/mol. The minimum Gasteiger partial charge on any atom is -0.383 e. The number of aromatic nitrogens is 1. The van der Waals surface area contributed by atoms with Gasteiger partial charge in [0.1, 0.15) is 6.07 Å². The van der Waals surface area contributed by atoms with Gasteiger partial charge in [-0.25, -0.2) is 4.98 Å². The van der Waals surface area contributed by atoms with Crippen molar-refractivity contribution in [2.75, 3.05) is 44.7 Å². The van der Waals surface area contributed by atoms with Crippen LogP contribution in [0.4, 0.5) is 5.69 Å². The van der Waals surface area contributed by atoms with Gasteiger partial charge in [0, 0.05) is 25.8 Å². The van der Waals surface area contributed by atoms with E-state index in [9.17, 15) is 0 Å². The van der Waals surface area contributed by atoms with Crippen LogP contribution < -0.4 is 5.32 Å². The van der Waals surface area contributed by atoms with Crippen molar-refractivity contribution in [1.29, 1.82) is 5.26 Å². The molecule has 0 radical (unpaired) electrons. The molecular weight excluding hydrogens is 228 g/mol. The van der Waals surface area contributed by atoms with E-state index in [0.29, 0.717) is 5.69 Å². The Morgan fingerprint density at radius 3 is 3.06 bits per heavy atom. The summed E-state index contributed by atoms with van der Waals surface area (Å²) in [7, 11) is 0. The number of morpholine rings is 1. The first kappa shape index (κ1) is 12.8. The number of rotatable bonds is 5. The fraction of sp³-hybridized carbons (Fsp3) is 0.538. The van der Waals surface area contributed by atoms with Crippen molar-refractivity contribution in [3.63, 3.8) is 0 Å². The molecule has 1 N–H and O–H groups in total. The molecule has 5 nitrogen and oxygen atoms in total.